The average Bonchev–Trinajstić information content (AvgIpc) is 2.36. The molecule has 4 heteroatoms. The Labute approximate surface area is 96.4 Å². The lowest BCUT2D eigenvalue weighted by molar-refractivity contribution is 0.247. The van der Waals surface area contributed by atoms with Gasteiger partial charge in [-0.25, -0.2) is 10.6 Å². The van der Waals surface area contributed by atoms with Crippen LogP contribution in [0.1, 0.15) is 31.7 Å². The molecule has 0 aliphatic carbocycles. The van der Waals surface area contributed by atoms with Crippen LogP contribution in [0.15, 0.2) is 24.3 Å². The van der Waals surface area contributed by atoms with E-state index in [0.29, 0.717) is 5.92 Å². The summed E-state index contributed by atoms with van der Waals surface area (Å²) in [4.78, 5) is 12.7. The third-order valence-corrected chi connectivity index (χ3v) is 2.89. The van der Waals surface area contributed by atoms with E-state index in [-0.39, 0.29) is 6.03 Å². The molecule has 0 aliphatic rings. The molecule has 0 heterocycles. The van der Waals surface area contributed by atoms with Gasteiger partial charge in [-0.05, 0) is 30.0 Å². The van der Waals surface area contributed by atoms with Gasteiger partial charge in [0.05, 0.1) is 0 Å². The average molecular weight is 221 g/mol. The zero-order valence-electron chi connectivity index (χ0n) is 10.0. The second-order valence-corrected chi connectivity index (χ2v) is 3.91. The summed E-state index contributed by atoms with van der Waals surface area (Å²) in [5.74, 6) is 5.61. The number of hydrogen-bond donors (Lipinski definition) is 2. The summed E-state index contributed by atoms with van der Waals surface area (Å²) in [5.41, 5.74) is 4.21. The lowest BCUT2D eigenvalue weighted by atomic mass is 9.98. The van der Waals surface area contributed by atoms with E-state index in [9.17, 15) is 4.79 Å². The second kappa shape index (κ2) is 5.51. The number of nitrogens with one attached hydrogen (secondary N) is 1. The normalized spacial score (nSPS) is 12.0. The van der Waals surface area contributed by atoms with Gasteiger partial charge < -0.3 is 0 Å². The molecule has 1 aromatic rings. The molecule has 1 rings (SSSR count). The van der Waals surface area contributed by atoms with E-state index >= 15 is 0 Å². The number of nitrogens with zero attached hydrogens (tertiary/aromatic N) is 1. The summed E-state index contributed by atoms with van der Waals surface area (Å²) in [6.07, 6.45) is 1.11. The van der Waals surface area contributed by atoms with Gasteiger partial charge in [-0.15, -0.1) is 0 Å². The molecule has 0 aliphatic heterocycles. The molecule has 0 fully saturated rings. The monoisotopic (exact) mass is 221 g/mol. The van der Waals surface area contributed by atoms with Gasteiger partial charge in [0.2, 0.25) is 0 Å². The number of anilines is 1. The summed E-state index contributed by atoms with van der Waals surface area (Å²) in [7, 11) is 1.68. The minimum absolute atomic E-state index is 0.323. The smallest absolute Gasteiger partial charge is 0.296 e. The molecule has 2 amide bonds. The number of nitrogens with two attached hydrogens (primary N) is 1. The van der Waals surface area contributed by atoms with Gasteiger partial charge in [0, 0.05) is 12.7 Å². The standard InChI is InChI=1S/C12H19N3O/c1-4-9(2)10-5-7-11(8-6-10)15(3)12(16)14-13/h5-9H,4,13H2,1-3H3,(H,14,16). The van der Waals surface area contributed by atoms with Crippen molar-refractivity contribution in [1.82, 2.24) is 5.43 Å². The molecule has 0 bridgehead atoms. The fourth-order valence-electron chi connectivity index (χ4n) is 1.48. The third-order valence-electron chi connectivity index (χ3n) is 2.89. The Hall–Kier alpha value is -1.55. The largest absolute Gasteiger partial charge is 0.335 e. The number of rotatable bonds is 3. The molecule has 88 valence electrons. The number of hydrazine groups is 1. The molecule has 4 nitrogen and oxygen atoms in total. The van der Waals surface area contributed by atoms with Crippen LogP contribution in [-0.2, 0) is 0 Å². The molecule has 1 aromatic carbocycles. The molecule has 0 saturated carbocycles. The first-order chi connectivity index (χ1) is 7.60. The first kappa shape index (κ1) is 12.5. The summed E-state index contributed by atoms with van der Waals surface area (Å²) in [6.45, 7) is 4.35. The SMILES string of the molecule is CCC(C)c1ccc(N(C)C(=O)NN)cc1. The fourth-order valence-corrected chi connectivity index (χ4v) is 1.48. The Morgan fingerprint density at radius 1 is 1.44 bits per heavy atom. The molecule has 0 spiro atoms. The van der Waals surface area contributed by atoms with Crippen LogP contribution in [0.25, 0.3) is 0 Å². The highest BCUT2D eigenvalue weighted by Crippen LogP contribution is 2.21. The van der Waals surface area contributed by atoms with Crippen LogP contribution < -0.4 is 16.2 Å². The molecular weight excluding hydrogens is 202 g/mol. The van der Waals surface area contributed by atoms with Crippen LogP contribution in [0.3, 0.4) is 0 Å². The van der Waals surface area contributed by atoms with Crippen LogP contribution >= 0.6 is 0 Å². The van der Waals surface area contributed by atoms with E-state index in [0.717, 1.165) is 12.1 Å². The molecule has 1 atom stereocenters. The minimum atomic E-state index is -0.323. The minimum Gasteiger partial charge on any atom is -0.296 e. The molecule has 3 N–H and O–H groups in total. The molecule has 1 unspecified atom stereocenters. The van der Waals surface area contributed by atoms with E-state index in [1.807, 2.05) is 24.3 Å². The Bertz CT molecular complexity index is 348. The van der Waals surface area contributed by atoms with Crippen LogP contribution in [-0.4, -0.2) is 13.1 Å². The van der Waals surface area contributed by atoms with Gasteiger partial charge in [0.25, 0.3) is 0 Å². The number of hydrogen-bond acceptors (Lipinski definition) is 2. The van der Waals surface area contributed by atoms with Gasteiger partial charge in [-0.3, -0.25) is 10.3 Å². The predicted octanol–water partition coefficient (Wildman–Crippen LogP) is 2.22. The predicted molar refractivity (Wildman–Crippen MR) is 66.3 cm³/mol. The first-order valence-corrected chi connectivity index (χ1v) is 5.44. The summed E-state index contributed by atoms with van der Waals surface area (Å²) in [5, 5.41) is 0. The van der Waals surface area contributed by atoms with Crippen LogP contribution in [0.4, 0.5) is 10.5 Å². The van der Waals surface area contributed by atoms with Crippen molar-refractivity contribution < 1.29 is 4.79 Å². The molecule has 0 saturated heterocycles. The Kier molecular flexibility index (Phi) is 4.31. The Morgan fingerprint density at radius 3 is 2.44 bits per heavy atom. The first-order valence-electron chi connectivity index (χ1n) is 5.44. The maximum Gasteiger partial charge on any atom is 0.335 e. The van der Waals surface area contributed by atoms with Crippen molar-refractivity contribution in [2.75, 3.05) is 11.9 Å². The quantitative estimate of drug-likeness (QED) is 0.467. The maximum atomic E-state index is 11.3. The van der Waals surface area contributed by atoms with E-state index in [1.165, 1.54) is 10.5 Å². The van der Waals surface area contributed by atoms with Crippen molar-refractivity contribution >= 4 is 11.7 Å². The van der Waals surface area contributed by atoms with Gasteiger partial charge >= 0.3 is 6.03 Å². The number of carbonyl (C=O) groups excluding carboxylic acids is 1. The zero-order chi connectivity index (χ0) is 12.1. The number of amides is 2. The van der Waals surface area contributed by atoms with Gasteiger partial charge in [-0.1, -0.05) is 26.0 Å². The van der Waals surface area contributed by atoms with E-state index in [4.69, 9.17) is 5.84 Å². The maximum absolute atomic E-state index is 11.3. The van der Waals surface area contributed by atoms with Crippen molar-refractivity contribution in [2.45, 2.75) is 26.2 Å². The van der Waals surface area contributed by atoms with Crippen molar-refractivity contribution in [3.05, 3.63) is 29.8 Å². The lowest BCUT2D eigenvalue weighted by Crippen LogP contribution is -2.41. The lowest BCUT2D eigenvalue weighted by Gasteiger charge is -2.17. The highest BCUT2D eigenvalue weighted by molar-refractivity contribution is 5.90. The molecule has 0 radical (unpaired) electrons. The highest BCUT2D eigenvalue weighted by atomic mass is 16.2. The van der Waals surface area contributed by atoms with Crippen molar-refractivity contribution in [1.29, 1.82) is 0 Å². The van der Waals surface area contributed by atoms with Crippen LogP contribution in [0.5, 0.6) is 0 Å². The molecular formula is C12H19N3O. The van der Waals surface area contributed by atoms with Gasteiger partial charge in [0.15, 0.2) is 0 Å². The fraction of sp³-hybridized carbons (Fsp3) is 0.417. The number of carbonyl (C=O) groups is 1. The Morgan fingerprint density at radius 2 is 2.00 bits per heavy atom. The van der Waals surface area contributed by atoms with E-state index in [1.54, 1.807) is 7.05 Å². The van der Waals surface area contributed by atoms with Crippen LogP contribution in [0.2, 0.25) is 0 Å². The molecule has 16 heavy (non-hydrogen) atoms. The third kappa shape index (κ3) is 2.73. The van der Waals surface area contributed by atoms with Crippen molar-refractivity contribution in [2.24, 2.45) is 5.84 Å². The summed E-state index contributed by atoms with van der Waals surface area (Å²) in [6, 6.07) is 7.62. The molecule has 0 aromatic heterocycles. The number of urea groups is 1. The summed E-state index contributed by atoms with van der Waals surface area (Å²) >= 11 is 0. The van der Waals surface area contributed by atoms with Gasteiger partial charge in [-0.2, -0.15) is 0 Å². The summed E-state index contributed by atoms with van der Waals surface area (Å²) < 4.78 is 0. The van der Waals surface area contributed by atoms with Crippen LogP contribution in [0, 0.1) is 0 Å². The topological polar surface area (TPSA) is 58.4 Å². The van der Waals surface area contributed by atoms with Gasteiger partial charge in [0.1, 0.15) is 0 Å². The van der Waals surface area contributed by atoms with Crippen molar-refractivity contribution in [3.8, 4) is 0 Å². The highest BCUT2D eigenvalue weighted by Gasteiger charge is 2.09. The van der Waals surface area contributed by atoms with E-state index < -0.39 is 0 Å². The van der Waals surface area contributed by atoms with E-state index in [2.05, 4.69) is 19.3 Å². The second-order valence-electron chi connectivity index (χ2n) is 3.91. The Balaban J connectivity index is 2.82. The number of benzene rings is 1. The zero-order valence-corrected chi connectivity index (χ0v) is 10.0. The van der Waals surface area contributed by atoms with Crippen molar-refractivity contribution in [3.63, 3.8) is 0 Å².